The molecule has 2 atom stereocenters. The van der Waals surface area contributed by atoms with Crippen molar-refractivity contribution >= 4 is 79.4 Å². The largest absolute Gasteiger partial charge is 0.309 e. The van der Waals surface area contributed by atoms with Crippen LogP contribution in [0.15, 0.2) is 400 Å². The molecule has 3 aliphatic rings. The van der Waals surface area contributed by atoms with Crippen LogP contribution in [0, 0.1) is 0 Å². The van der Waals surface area contributed by atoms with Gasteiger partial charge in [0.1, 0.15) is 0 Å². The highest BCUT2D eigenvalue weighted by Crippen LogP contribution is 2.58. The number of fused-ring (bicyclic) bond motifs is 3. The van der Waals surface area contributed by atoms with E-state index in [2.05, 4.69) is 405 Å². The first kappa shape index (κ1) is 59.9. The molecule has 2 aromatic heterocycles. The van der Waals surface area contributed by atoms with Crippen LogP contribution in [0.4, 0.5) is 0 Å². The van der Waals surface area contributed by atoms with E-state index in [9.17, 15) is 0 Å². The maximum absolute atomic E-state index is 6.02. The molecule has 2 unspecified atom stereocenters. The molecular formula is C97H68N2Si2. The van der Waals surface area contributed by atoms with Gasteiger partial charge in [-0.2, -0.15) is 0 Å². The molecule has 3 aliphatic carbocycles. The van der Waals surface area contributed by atoms with Crippen molar-refractivity contribution in [3.63, 3.8) is 0 Å². The van der Waals surface area contributed by atoms with E-state index in [1.165, 1.54) is 113 Å². The third-order valence-electron chi connectivity index (χ3n) is 21.8. The van der Waals surface area contributed by atoms with Gasteiger partial charge in [0.05, 0.1) is 28.1 Å². The molecule has 0 fully saturated rings. The second-order valence-corrected chi connectivity index (χ2v) is 34.6. The highest BCUT2D eigenvalue weighted by Gasteiger charge is 2.50. The summed E-state index contributed by atoms with van der Waals surface area (Å²) in [5.41, 5.74) is 22.8. The van der Waals surface area contributed by atoms with E-state index in [1.807, 2.05) is 0 Å². The molecule has 2 bridgehead atoms. The quantitative estimate of drug-likeness (QED) is 0.0784. The van der Waals surface area contributed by atoms with E-state index in [0.717, 1.165) is 44.8 Å². The highest BCUT2D eigenvalue weighted by atomic mass is 28.3. The summed E-state index contributed by atoms with van der Waals surface area (Å²) >= 11 is 0. The Labute approximate surface area is 592 Å². The first-order chi connectivity index (χ1) is 50.1. The van der Waals surface area contributed by atoms with E-state index in [1.54, 1.807) is 0 Å². The zero-order chi connectivity index (χ0) is 66.9. The van der Waals surface area contributed by atoms with Gasteiger partial charge in [-0.3, -0.25) is 0 Å². The van der Waals surface area contributed by atoms with Crippen LogP contribution in [0.25, 0.3) is 83.4 Å². The number of para-hydroxylation sites is 2. The summed E-state index contributed by atoms with van der Waals surface area (Å²) in [6, 6.07) is 151. The molecule has 0 N–H and O–H groups in total. The lowest BCUT2D eigenvalue weighted by molar-refractivity contribution is 0.760. The summed E-state index contributed by atoms with van der Waals surface area (Å²) in [7, 11) is -6.29. The normalized spacial score (nSPS) is 13.7. The first-order valence-electron chi connectivity index (χ1n) is 35.2. The second-order valence-electron chi connectivity index (χ2n) is 27.1. The monoisotopic (exact) mass is 1320 g/mol. The van der Waals surface area contributed by atoms with Gasteiger partial charge in [-0.15, -0.1) is 0 Å². The Morgan fingerprint density at radius 1 is 0.228 bits per heavy atom. The third kappa shape index (κ3) is 9.69. The molecule has 0 amide bonds. The molecule has 17 aromatic rings. The fourth-order valence-electron chi connectivity index (χ4n) is 17.7. The summed E-state index contributed by atoms with van der Waals surface area (Å²) in [6.07, 6.45) is 0. The predicted molar refractivity (Wildman–Crippen MR) is 428 cm³/mol. The third-order valence-corrected chi connectivity index (χ3v) is 31.4. The van der Waals surface area contributed by atoms with E-state index < -0.39 is 16.1 Å². The Morgan fingerprint density at radius 3 is 1.15 bits per heavy atom. The van der Waals surface area contributed by atoms with Crippen molar-refractivity contribution in [2.75, 3.05) is 0 Å². The fourth-order valence-corrected chi connectivity index (χ4v) is 27.6. The van der Waals surface area contributed by atoms with Crippen LogP contribution in [0.2, 0.25) is 0 Å². The Kier molecular flexibility index (Phi) is 14.8. The van der Waals surface area contributed by atoms with Gasteiger partial charge in [0.2, 0.25) is 0 Å². The standard InChI is InChI=1S/C97H68N2Si2/c1-8-33-67(34-9-1)70-61-71(68-35-10-2-11-36-68)64-79(63-70)101(76-44-18-6-19-45-76,77-46-20-7-21-47-77)93-60-32-57-88-94-85-53-24-25-54-86(85)97(96(88)93)95-84(55-31-56-87(94)95)80-49-22-23-50-81(80)90-66-72(99-91-58-28-26-51-82(91)83-52-27-29-59-92(83)99)65-89(98-90)69-37-30-48-78(62-69)100(73-38-12-3-13-39-73,74-40-14-4-15-41-74)75-42-16-5-17-43-75/h1-66,94,97H. The Morgan fingerprint density at radius 2 is 0.604 bits per heavy atom. The van der Waals surface area contributed by atoms with Crippen LogP contribution in [-0.2, 0) is 0 Å². The van der Waals surface area contributed by atoms with E-state index >= 15 is 0 Å². The van der Waals surface area contributed by atoms with Crippen LogP contribution in [0.1, 0.15) is 45.2 Å². The number of aromatic nitrogens is 2. The van der Waals surface area contributed by atoms with Crippen LogP contribution < -0.4 is 41.5 Å². The molecule has 2 heterocycles. The van der Waals surface area contributed by atoms with Crippen molar-refractivity contribution in [2.24, 2.45) is 0 Å². The van der Waals surface area contributed by atoms with E-state index in [-0.39, 0.29) is 11.8 Å². The molecular weight excluding hydrogens is 1250 g/mol. The molecule has 0 saturated carbocycles. The summed E-state index contributed by atoms with van der Waals surface area (Å²) in [5, 5.41) is 13.2. The minimum atomic E-state index is -3.34. The number of benzene rings is 15. The van der Waals surface area contributed by atoms with Gasteiger partial charge in [0, 0.05) is 33.7 Å². The van der Waals surface area contributed by atoms with Crippen molar-refractivity contribution in [1.29, 1.82) is 0 Å². The molecule has 4 heteroatoms. The van der Waals surface area contributed by atoms with Gasteiger partial charge in [0.25, 0.3) is 0 Å². The lowest BCUT2D eigenvalue weighted by atomic mass is 9.60. The number of nitrogens with zero attached hydrogens (tertiary/aromatic N) is 2. The SMILES string of the molecule is c1ccc(-c2cc(-c3ccccc3)cc([Si](c3ccccc3)(c3ccccc3)c3cccc4c3C3c5ccccc5C4c4cccc(-c5ccccc5-c5cc(-n6c7ccccc7c7ccccc76)cc(-c6cccc([Si](c7ccccc7)(c7ccccc7)c7ccccc7)c6)n5)c43)c2)cc1. The van der Waals surface area contributed by atoms with Gasteiger partial charge < -0.3 is 4.57 Å². The van der Waals surface area contributed by atoms with Crippen molar-refractivity contribution < 1.29 is 0 Å². The molecule has 0 radical (unpaired) electrons. The van der Waals surface area contributed by atoms with Gasteiger partial charge >= 0.3 is 0 Å². The first-order valence-corrected chi connectivity index (χ1v) is 39.2. The molecule has 15 aromatic carbocycles. The van der Waals surface area contributed by atoms with Gasteiger partial charge in [-0.25, -0.2) is 4.98 Å². The van der Waals surface area contributed by atoms with Gasteiger partial charge in [-0.1, -0.05) is 370 Å². The molecule has 0 saturated heterocycles. The van der Waals surface area contributed by atoms with Gasteiger partial charge in [-0.05, 0) is 139 Å². The molecule has 474 valence electrons. The zero-order valence-corrected chi connectivity index (χ0v) is 57.7. The average molecular weight is 1320 g/mol. The van der Waals surface area contributed by atoms with Crippen molar-refractivity contribution in [1.82, 2.24) is 9.55 Å². The van der Waals surface area contributed by atoms with Gasteiger partial charge in [0.15, 0.2) is 16.1 Å². The minimum absolute atomic E-state index is 0.0176. The predicted octanol–water partition coefficient (Wildman–Crippen LogP) is 18.3. The maximum atomic E-state index is 6.02. The topological polar surface area (TPSA) is 17.8 Å². The van der Waals surface area contributed by atoms with E-state index in [4.69, 9.17) is 4.98 Å². The lowest BCUT2D eigenvalue weighted by Gasteiger charge is -2.47. The summed E-state index contributed by atoms with van der Waals surface area (Å²) in [6.45, 7) is 0. The van der Waals surface area contributed by atoms with E-state index in [0.29, 0.717) is 0 Å². The minimum Gasteiger partial charge on any atom is -0.309 e. The Hall–Kier alpha value is -12.3. The lowest BCUT2D eigenvalue weighted by Crippen LogP contribution is -2.75. The molecule has 0 spiro atoms. The van der Waals surface area contributed by atoms with Crippen molar-refractivity contribution in [3.05, 3.63) is 434 Å². The number of hydrogen-bond acceptors (Lipinski definition) is 1. The summed E-state index contributed by atoms with van der Waals surface area (Å²) < 4.78 is 2.47. The molecule has 2 nitrogen and oxygen atoms in total. The number of rotatable bonds is 14. The number of hydrogen-bond donors (Lipinski definition) is 0. The van der Waals surface area contributed by atoms with Crippen molar-refractivity contribution in [2.45, 2.75) is 11.8 Å². The average Bonchev–Trinajstić information content (AvgIpc) is 1.27. The zero-order valence-electron chi connectivity index (χ0n) is 55.7. The van der Waals surface area contributed by atoms with Crippen molar-refractivity contribution in [3.8, 4) is 61.6 Å². The fraction of sp³-hybridized carbons (Fsp3) is 0.0206. The molecule has 101 heavy (non-hydrogen) atoms. The smallest absolute Gasteiger partial charge is 0.179 e. The number of pyridine rings is 1. The second kappa shape index (κ2) is 24.9. The Bertz CT molecular complexity index is 5710. The van der Waals surface area contributed by atoms with Crippen LogP contribution in [0.5, 0.6) is 0 Å². The molecule has 20 rings (SSSR count). The highest BCUT2D eigenvalue weighted by molar-refractivity contribution is 7.20. The summed E-state index contributed by atoms with van der Waals surface area (Å²) in [4.78, 5) is 6.02. The van der Waals surface area contributed by atoms with Crippen LogP contribution in [0.3, 0.4) is 0 Å². The Balaban J connectivity index is 0.857. The summed E-state index contributed by atoms with van der Waals surface area (Å²) in [5.74, 6) is -0.138. The molecule has 0 aliphatic heterocycles. The maximum Gasteiger partial charge on any atom is 0.179 e. The van der Waals surface area contributed by atoms with Crippen LogP contribution >= 0.6 is 0 Å². The van der Waals surface area contributed by atoms with Crippen LogP contribution in [-0.4, -0.2) is 25.7 Å².